The van der Waals surface area contributed by atoms with Crippen molar-refractivity contribution in [2.75, 3.05) is 30.9 Å². The average Bonchev–Trinajstić information content (AvgIpc) is 2.29. The van der Waals surface area contributed by atoms with E-state index in [9.17, 15) is 8.42 Å². The zero-order chi connectivity index (χ0) is 12.3. The lowest BCUT2D eigenvalue weighted by Gasteiger charge is -2.26. The average molecular weight is 256 g/mol. The quantitative estimate of drug-likeness (QED) is 0.795. The molecule has 0 radical (unpaired) electrons. The Morgan fingerprint density at radius 3 is 2.71 bits per heavy atom. The Bertz CT molecular complexity index is 483. The maximum atomic E-state index is 12.0. The summed E-state index contributed by atoms with van der Waals surface area (Å²) in [6.45, 7) is 4.16. The second-order valence-corrected chi connectivity index (χ2v) is 5.59. The summed E-state index contributed by atoms with van der Waals surface area (Å²) < 4.78 is 27.9. The van der Waals surface area contributed by atoms with E-state index in [-0.39, 0.29) is 0 Å². The monoisotopic (exact) mass is 256 g/mol. The number of hydrogen-bond acceptors (Lipinski definition) is 4. The Labute approximate surface area is 101 Å². The summed E-state index contributed by atoms with van der Waals surface area (Å²) in [5.74, 6) is 0.364. The van der Waals surface area contributed by atoms with Gasteiger partial charge < -0.3 is 5.32 Å². The molecule has 0 aromatic carbocycles. The molecule has 0 unspecified atom stereocenters. The number of anilines is 1. The zero-order valence-electron chi connectivity index (χ0n) is 9.68. The highest BCUT2D eigenvalue weighted by atomic mass is 32.2. The fraction of sp³-hybridized carbons (Fsp3) is 0.500. The molecule has 1 fully saturated rings. The molecule has 1 aromatic rings. The lowest BCUT2D eigenvalue weighted by atomic mass is 10.4. The molecule has 2 heterocycles. The van der Waals surface area contributed by atoms with Crippen LogP contribution in [0, 0.1) is 6.92 Å². The van der Waals surface area contributed by atoms with Gasteiger partial charge in [0.2, 0.25) is 0 Å². The Kier molecular flexibility index (Phi) is 3.60. The van der Waals surface area contributed by atoms with Gasteiger partial charge in [0.15, 0.2) is 0 Å². The second kappa shape index (κ2) is 4.99. The Morgan fingerprint density at radius 2 is 2.06 bits per heavy atom. The predicted molar refractivity (Wildman–Crippen MR) is 66.0 cm³/mol. The van der Waals surface area contributed by atoms with Gasteiger partial charge >= 0.3 is 10.2 Å². The number of rotatable bonds is 3. The van der Waals surface area contributed by atoms with Gasteiger partial charge in [-0.05, 0) is 19.1 Å². The van der Waals surface area contributed by atoms with Crippen LogP contribution in [0.25, 0.3) is 0 Å². The van der Waals surface area contributed by atoms with Crippen LogP contribution in [0.5, 0.6) is 0 Å². The summed E-state index contributed by atoms with van der Waals surface area (Å²) in [5, 5.41) is 3.11. The lowest BCUT2D eigenvalue weighted by molar-refractivity contribution is 0.362. The van der Waals surface area contributed by atoms with E-state index in [2.05, 4.69) is 15.0 Å². The van der Waals surface area contributed by atoms with Crippen LogP contribution in [-0.4, -0.2) is 43.9 Å². The van der Waals surface area contributed by atoms with Crippen molar-refractivity contribution < 1.29 is 8.42 Å². The molecule has 1 saturated heterocycles. The molecule has 0 atom stereocenters. The smallest absolute Gasteiger partial charge is 0.302 e. The first-order valence-corrected chi connectivity index (χ1v) is 6.94. The molecule has 7 heteroatoms. The Morgan fingerprint density at radius 1 is 1.35 bits per heavy atom. The van der Waals surface area contributed by atoms with Crippen LogP contribution in [0.1, 0.15) is 5.69 Å². The van der Waals surface area contributed by atoms with Crippen LogP contribution in [0.2, 0.25) is 0 Å². The molecule has 0 spiro atoms. The summed E-state index contributed by atoms with van der Waals surface area (Å²) in [7, 11) is -3.47. The van der Waals surface area contributed by atoms with Crippen LogP contribution in [0.4, 0.5) is 5.82 Å². The molecule has 1 aliphatic rings. The predicted octanol–water partition coefficient (Wildman–Crippen LogP) is -0.0481. The Hall–Kier alpha value is -1.18. The van der Waals surface area contributed by atoms with E-state index < -0.39 is 10.2 Å². The van der Waals surface area contributed by atoms with Gasteiger partial charge in [-0.3, -0.25) is 4.72 Å². The zero-order valence-corrected chi connectivity index (χ0v) is 10.5. The van der Waals surface area contributed by atoms with E-state index >= 15 is 0 Å². The van der Waals surface area contributed by atoms with Crippen molar-refractivity contribution in [3.8, 4) is 0 Å². The number of nitrogens with one attached hydrogen (secondary N) is 2. The standard InChI is InChI=1S/C10H16N4O2S/c1-9-3-2-4-10(12-9)13-17(15,16)14-7-5-11-6-8-14/h2-4,11H,5-8H2,1H3,(H,12,13). The molecule has 6 nitrogen and oxygen atoms in total. The van der Waals surface area contributed by atoms with E-state index in [0.717, 1.165) is 5.69 Å². The van der Waals surface area contributed by atoms with Gasteiger partial charge in [-0.1, -0.05) is 6.07 Å². The normalized spacial score (nSPS) is 17.9. The maximum Gasteiger partial charge on any atom is 0.302 e. The van der Waals surface area contributed by atoms with Crippen LogP contribution >= 0.6 is 0 Å². The summed E-state index contributed by atoms with van der Waals surface area (Å²) >= 11 is 0. The van der Waals surface area contributed by atoms with Gasteiger partial charge in [-0.2, -0.15) is 12.7 Å². The molecule has 1 aliphatic heterocycles. The first kappa shape index (κ1) is 12.3. The van der Waals surface area contributed by atoms with Crippen LogP contribution < -0.4 is 10.0 Å². The van der Waals surface area contributed by atoms with E-state index in [0.29, 0.717) is 32.0 Å². The molecule has 1 aromatic heterocycles. The molecule has 17 heavy (non-hydrogen) atoms. The number of aryl methyl sites for hydroxylation is 1. The third kappa shape index (κ3) is 3.15. The number of nitrogens with zero attached hydrogens (tertiary/aromatic N) is 2. The van der Waals surface area contributed by atoms with Gasteiger partial charge in [0.1, 0.15) is 5.82 Å². The Balaban J connectivity index is 2.11. The van der Waals surface area contributed by atoms with Crippen molar-refractivity contribution in [3.05, 3.63) is 23.9 Å². The van der Waals surface area contributed by atoms with Crippen molar-refractivity contribution in [3.63, 3.8) is 0 Å². The van der Waals surface area contributed by atoms with Crippen LogP contribution in [0.3, 0.4) is 0 Å². The minimum atomic E-state index is -3.47. The summed E-state index contributed by atoms with van der Waals surface area (Å²) in [4.78, 5) is 4.12. The van der Waals surface area contributed by atoms with Crippen molar-refractivity contribution in [2.24, 2.45) is 0 Å². The van der Waals surface area contributed by atoms with E-state index in [4.69, 9.17) is 0 Å². The molecule has 0 saturated carbocycles. The van der Waals surface area contributed by atoms with Crippen molar-refractivity contribution in [2.45, 2.75) is 6.92 Å². The van der Waals surface area contributed by atoms with Gasteiger partial charge in [-0.25, -0.2) is 4.98 Å². The SMILES string of the molecule is Cc1cccc(NS(=O)(=O)N2CCNCC2)n1. The van der Waals surface area contributed by atoms with Gasteiger partial charge in [0.25, 0.3) is 0 Å². The van der Waals surface area contributed by atoms with E-state index in [1.807, 2.05) is 13.0 Å². The minimum Gasteiger partial charge on any atom is -0.314 e. The summed E-state index contributed by atoms with van der Waals surface area (Å²) in [6.07, 6.45) is 0. The fourth-order valence-corrected chi connectivity index (χ4v) is 2.85. The number of hydrogen-bond donors (Lipinski definition) is 2. The van der Waals surface area contributed by atoms with Gasteiger partial charge in [0, 0.05) is 31.9 Å². The van der Waals surface area contributed by atoms with Crippen molar-refractivity contribution >= 4 is 16.0 Å². The second-order valence-electron chi connectivity index (χ2n) is 3.92. The molecule has 0 amide bonds. The van der Waals surface area contributed by atoms with Crippen LogP contribution in [0.15, 0.2) is 18.2 Å². The maximum absolute atomic E-state index is 12.0. The molecule has 2 rings (SSSR count). The van der Waals surface area contributed by atoms with E-state index in [1.165, 1.54) is 4.31 Å². The third-order valence-corrected chi connectivity index (χ3v) is 4.05. The number of piperazine rings is 1. The highest BCUT2D eigenvalue weighted by Crippen LogP contribution is 2.10. The summed E-state index contributed by atoms with van der Waals surface area (Å²) in [5.41, 5.74) is 0.783. The first-order chi connectivity index (χ1) is 8.08. The largest absolute Gasteiger partial charge is 0.314 e. The third-order valence-electron chi connectivity index (χ3n) is 2.54. The molecule has 2 N–H and O–H groups in total. The number of aromatic nitrogens is 1. The van der Waals surface area contributed by atoms with Gasteiger partial charge in [0.05, 0.1) is 0 Å². The molecular weight excluding hydrogens is 240 g/mol. The van der Waals surface area contributed by atoms with Crippen molar-refractivity contribution in [1.82, 2.24) is 14.6 Å². The summed E-state index contributed by atoms with van der Waals surface area (Å²) in [6, 6.07) is 5.24. The number of pyridine rings is 1. The topological polar surface area (TPSA) is 74.3 Å². The minimum absolute atomic E-state index is 0.364. The highest BCUT2D eigenvalue weighted by molar-refractivity contribution is 7.90. The van der Waals surface area contributed by atoms with Gasteiger partial charge in [-0.15, -0.1) is 0 Å². The molecule has 0 bridgehead atoms. The lowest BCUT2D eigenvalue weighted by Crippen LogP contribution is -2.48. The first-order valence-electron chi connectivity index (χ1n) is 5.50. The fourth-order valence-electron chi connectivity index (χ4n) is 1.68. The molecular formula is C10H16N4O2S. The molecule has 0 aliphatic carbocycles. The van der Waals surface area contributed by atoms with Crippen LogP contribution in [-0.2, 0) is 10.2 Å². The molecule has 94 valence electrons. The van der Waals surface area contributed by atoms with Crippen molar-refractivity contribution in [1.29, 1.82) is 0 Å². The highest BCUT2D eigenvalue weighted by Gasteiger charge is 2.23. The van der Waals surface area contributed by atoms with E-state index in [1.54, 1.807) is 12.1 Å².